The summed E-state index contributed by atoms with van der Waals surface area (Å²) in [6.45, 7) is 0.870. The Hall–Kier alpha value is -1.75. The van der Waals surface area contributed by atoms with Gasteiger partial charge in [-0.05, 0) is 37.0 Å². The standard InChI is InChI=1S/C13H16O5/c1-16-12-6-10(13(14)15)4-5-11(12)18-8-17-7-9-2-3-9/h4-6,9H,2-3,7-8H2,1H3,(H,14,15). The molecule has 0 saturated heterocycles. The summed E-state index contributed by atoms with van der Waals surface area (Å²) in [6, 6.07) is 4.47. The van der Waals surface area contributed by atoms with Crippen molar-refractivity contribution < 1.29 is 24.1 Å². The first-order valence-corrected chi connectivity index (χ1v) is 5.82. The van der Waals surface area contributed by atoms with E-state index in [2.05, 4.69) is 0 Å². The van der Waals surface area contributed by atoms with Gasteiger partial charge in [-0.1, -0.05) is 0 Å². The van der Waals surface area contributed by atoms with E-state index in [0.717, 1.165) is 6.61 Å². The van der Waals surface area contributed by atoms with E-state index in [1.807, 2.05) is 0 Å². The molecule has 1 aliphatic rings. The summed E-state index contributed by atoms with van der Waals surface area (Å²) in [5.41, 5.74) is 0.165. The first-order valence-electron chi connectivity index (χ1n) is 5.82. The zero-order valence-electron chi connectivity index (χ0n) is 10.2. The van der Waals surface area contributed by atoms with Crippen LogP contribution < -0.4 is 9.47 Å². The Bertz CT molecular complexity index is 425. The van der Waals surface area contributed by atoms with Crippen LogP contribution in [0.4, 0.5) is 0 Å². The lowest BCUT2D eigenvalue weighted by molar-refractivity contribution is 0.00865. The highest BCUT2D eigenvalue weighted by Crippen LogP contribution is 2.30. The van der Waals surface area contributed by atoms with Crippen LogP contribution in [0.3, 0.4) is 0 Å². The lowest BCUT2D eigenvalue weighted by Gasteiger charge is -2.11. The van der Waals surface area contributed by atoms with Gasteiger partial charge in [-0.15, -0.1) is 0 Å². The largest absolute Gasteiger partial charge is 0.493 e. The van der Waals surface area contributed by atoms with Gasteiger partial charge in [0.05, 0.1) is 19.3 Å². The molecule has 1 aromatic carbocycles. The second-order valence-electron chi connectivity index (χ2n) is 4.25. The van der Waals surface area contributed by atoms with Gasteiger partial charge < -0.3 is 19.3 Å². The summed E-state index contributed by atoms with van der Waals surface area (Å²) < 4.78 is 15.8. The van der Waals surface area contributed by atoms with Crippen molar-refractivity contribution in [2.75, 3.05) is 20.5 Å². The van der Waals surface area contributed by atoms with E-state index in [1.54, 1.807) is 6.07 Å². The van der Waals surface area contributed by atoms with E-state index in [0.29, 0.717) is 17.4 Å². The van der Waals surface area contributed by atoms with Crippen molar-refractivity contribution in [1.29, 1.82) is 0 Å². The smallest absolute Gasteiger partial charge is 0.335 e. The molecule has 98 valence electrons. The van der Waals surface area contributed by atoms with Crippen molar-refractivity contribution in [1.82, 2.24) is 0 Å². The van der Waals surface area contributed by atoms with Gasteiger partial charge in [-0.2, -0.15) is 0 Å². The molecule has 0 amide bonds. The summed E-state index contributed by atoms with van der Waals surface area (Å²) in [5.74, 6) is 0.568. The second-order valence-corrected chi connectivity index (χ2v) is 4.25. The van der Waals surface area contributed by atoms with Gasteiger partial charge in [0.1, 0.15) is 0 Å². The van der Waals surface area contributed by atoms with Crippen LogP contribution in [0.25, 0.3) is 0 Å². The molecule has 0 heterocycles. The van der Waals surface area contributed by atoms with E-state index in [9.17, 15) is 4.79 Å². The SMILES string of the molecule is COc1cc(C(=O)O)ccc1OCOCC1CC1. The van der Waals surface area contributed by atoms with Crippen LogP contribution >= 0.6 is 0 Å². The minimum atomic E-state index is -0.996. The van der Waals surface area contributed by atoms with Crippen LogP contribution in [0, 0.1) is 5.92 Å². The number of hydrogen-bond acceptors (Lipinski definition) is 4. The maximum absolute atomic E-state index is 10.8. The van der Waals surface area contributed by atoms with E-state index < -0.39 is 5.97 Å². The predicted molar refractivity (Wildman–Crippen MR) is 64.1 cm³/mol. The van der Waals surface area contributed by atoms with Crippen LogP contribution in [0.15, 0.2) is 18.2 Å². The highest BCUT2D eigenvalue weighted by atomic mass is 16.7. The van der Waals surface area contributed by atoms with Crippen molar-refractivity contribution in [3.63, 3.8) is 0 Å². The molecule has 0 unspecified atom stereocenters. The zero-order chi connectivity index (χ0) is 13.0. The number of carbonyl (C=O) groups is 1. The Morgan fingerprint density at radius 2 is 2.17 bits per heavy atom. The fourth-order valence-electron chi connectivity index (χ4n) is 1.52. The topological polar surface area (TPSA) is 65.0 Å². The molecule has 1 saturated carbocycles. The van der Waals surface area contributed by atoms with Crippen molar-refractivity contribution in [3.8, 4) is 11.5 Å². The first-order chi connectivity index (χ1) is 8.70. The highest BCUT2D eigenvalue weighted by molar-refractivity contribution is 5.88. The predicted octanol–water partition coefficient (Wildman–Crippen LogP) is 2.16. The molecule has 5 heteroatoms. The van der Waals surface area contributed by atoms with E-state index in [4.69, 9.17) is 19.3 Å². The fourth-order valence-corrected chi connectivity index (χ4v) is 1.52. The third-order valence-corrected chi connectivity index (χ3v) is 2.76. The summed E-state index contributed by atoms with van der Waals surface area (Å²) in [7, 11) is 1.47. The van der Waals surface area contributed by atoms with E-state index >= 15 is 0 Å². The number of carboxylic acids is 1. The van der Waals surface area contributed by atoms with Crippen molar-refractivity contribution >= 4 is 5.97 Å². The Morgan fingerprint density at radius 3 is 2.78 bits per heavy atom. The molecule has 1 aromatic rings. The van der Waals surface area contributed by atoms with Crippen molar-refractivity contribution in [3.05, 3.63) is 23.8 Å². The molecule has 0 spiro atoms. The molecule has 2 rings (SSSR count). The number of methoxy groups -OCH3 is 1. The van der Waals surface area contributed by atoms with Gasteiger partial charge in [-0.3, -0.25) is 0 Å². The Labute approximate surface area is 105 Å². The number of rotatable bonds is 7. The second kappa shape index (κ2) is 5.73. The summed E-state index contributed by atoms with van der Waals surface area (Å²) in [5, 5.41) is 8.86. The third kappa shape index (κ3) is 3.37. The lowest BCUT2D eigenvalue weighted by Crippen LogP contribution is -2.06. The van der Waals surface area contributed by atoms with E-state index in [-0.39, 0.29) is 12.4 Å². The van der Waals surface area contributed by atoms with Crippen molar-refractivity contribution in [2.24, 2.45) is 5.92 Å². The molecule has 1 fully saturated rings. The van der Waals surface area contributed by atoms with Crippen LogP contribution in [0.1, 0.15) is 23.2 Å². The van der Waals surface area contributed by atoms with Gasteiger partial charge in [0.2, 0.25) is 0 Å². The van der Waals surface area contributed by atoms with Crippen LogP contribution in [0.5, 0.6) is 11.5 Å². The fraction of sp³-hybridized carbons (Fsp3) is 0.462. The average molecular weight is 252 g/mol. The molecular formula is C13H16O5. The van der Waals surface area contributed by atoms with Crippen LogP contribution in [0.2, 0.25) is 0 Å². The minimum absolute atomic E-state index is 0.152. The third-order valence-electron chi connectivity index (χ3n) is 2.76. The molecule has 0 aromatic heterocycles. The van der Waals surface area contributed by atoms with Gasteiger partial charge in [0.25, 0.3) is 0 Å². The molecule has 1 N–H and O–H groups in total. The number of benzene rings is 1. The Morgan fingerprint density at radius 1 is 1.39 bits per heavy atom. The Kier molecular flexibility index (Phi) is 4.04. The normalized spacial score (nSPS) is 14.3. The molecule has 0 radical (unpaired) electrons. The van der Waals surface area contributed by atoms with Gasteiger partial charge in [0, 0.05) is 0 Å². The molecule has 1 aliphatic carbocycles. The molecule has 5 nitrogen and oxygen atoms in total. The van der Waals surface area contributed by atoms with Gasteiger partial charge >= 0.3 is 5.97 Å². The number of ether oxygens (including phenoxy) is 3. The monoisotopic (exact) mass is 252 g/mol. The summed E-state index contributed by atoms with van der Waals surface area (Å²) >= 11 is 0. The van der Waals surface area contributed by atoms with Gasteiger partial charge in [-0.25, -0.2) is 4.79 Å². The Balaban J connectivity index is 1.91. The number of carboxylic acid groups (broad SMARTS) is 1. The minimum Gasteiger partial charge on any atom is -0.493 e. The molecular weight excluding hydrogens is 236 g/mol. The molecule has 18 heavy (non-hydrogen) atoms. The zero-order valence-corrected chi connectivity index (χ0v) is 10.2. The number of aromatic carboxylic acids is 1. The maximum atomic E-state index is 10.8. The summed E-state index contributed by atoms with van der Waals surface area (Å²) in [4.78, 5) is 10.8. The van der Waals surface area contributed by atoms with Crippen LogP contribution in [-0.4, -0.2) is 31.6 Å². The lowest BCUT2D eigenvalue weighted by atomic mass is 10.2. The molecule has 0 bridgehead atoms. The van der Waals surface area contributed by atoms with Gasteiger partial charge in [0.15, 0.2) is 18.3 Å². The quantitative estimate of drug-likeness (QED) is 0.595. The first kappa shape index (κ1) is 12.7. The highest BCUT2D eigenvalue weighted by Gasteiger charge is 2.21. The molecule has 0 aliphatic heterocycles. The summed E-state index contributed by atoms with van der Waals surface area (Å²) in [6.07, 6.45) is 2.47. The average Bonchev–Trinajstić information content (AvgIpc) is 3.18. The van der Waals surface area contributed by atoms with Crippen molar-refractivity contribution in [2.45, 2.75) is 12.8 Å². The number of hydrogen-bond donors (Lipinski definition) is 1. The van der Waals surface area contributed by atoms with Crippen LogP contribution in [-0.2, 0) is 4.74 Å². The maximum Gasteiger partial charge on any atom is 0.335 e. The molecule has 0 atom stereocenters. The van der Waals surface area contributed by atoms with E-state index in [1.165, 1.54) is 32.1 Å².